The van der Waals surface area contributed by atoms with Gasteiger partial charge in [-0.3, -0.25) is 4.79 Å². The fourth-order valence-electron chi connectivity index (χ4n) is 2.39. The first-order valence-electron chi connectivity index (χ1n) is 6.22. The highest BCUT2D eigenvalue weighted by Crippen LogP contribution is 2.37. The molecule has 1 fully saturated rings. The first kappa shape index (κ1) is 13.0. The molecule has 0 aliphatic heterocycles. The standard InChI is InChI=1S/C12H18N2O4/c1-7(17-2)10-13-11(18-14-10)8-5-3-4-6-9(8)12(15)16/h7-9H,3-6H2,1-2H3,(H,15,16). The Bertz CT molecular complexity index is 418. The van der Waals surface area contributed by atoms with Gasteiger partial charge in [0, 0.05) is 7.11 Å². The molecule has 0 saturated heterocycles. The molecule has 1 aliphatic carbocycles. The van der Waals surface area contributed by atoms with Crippen molar-refractivity contribution < 1.29 is 19.2 Å². The second kappa shape index (κ2) is 5.48. The molecule has 1 aromatic rings. The van der Waals surface area contributed by atoms with Crippen molar-refractivity contribution in [1.29, 1.82) is 0 Å². The van der Waals surface area contributed by atoms with Crippen LogP contribution in [0.1, 0.15) is 56.3 Å². The van der Waals surface area contributed by atoms with Gasteiger partial charge in [-0.15, -0.1) is 0 Å². The first-order chi connectivity index (χ1) is 8.63. The van der Waals surface area contributed by atoms with Crippen molar-refractivity contribution in [1.82, 2.24) is 10.1 Å². The topological polar surface area (TPSA) is 85.5 Å². The molecule has 100 valence electrons. The highest BCUT2D eigenvalue weighted by molar-refractivity contribution is 5.71. The zero-order valence-corrected chi connectivity index (χ0v) is 10.6. The summed E-state index contributed by atoms with van der Waals surface area (Å²) in [5.74, 6) is -0.450. The Kier molecular flexibility index (Phi) is 3.96. The van der Waals surface area contributed by atoms with Crippen molar-refractivity contribution in [3.05, 3.63) is 11.7 Å². The normalized spacial score (nSPS) is 25.9. The number of carboxylic acid groups (broad SMARTS) is 1. The van der Waals surface area contributed by atoms with E-state index < -0.39 is 11.9 Å². The molecule has 3 unspecified atom stereocenters. The maximum atomic E-state index is 11.2. The van der Waals surface area contributed by atoms with Crippen LogP contribution in [0.4, 0.5) is 0 Å². The lowest BCUT2D eigenvalue weighted by Crippen LogP contribution is -2.25. The Balaban J connectivity index is 2.18. The summed E-state index contributed by atoms with van der Waals surface area (Å²) in [5.41, 5.74) is 0. The summed E-state index contributed by atoms with van der Waals surface area (Å²) in [6.07, 6.45) is 3.18. The molecule has 0 amide bonds. The van der Waals surface area contributed by atoms with Crippen molar-refractivity contribution in [3.8, 4) is 0 Å². The summed E-state index contributed by atoms with van der Waals surface area (Å²) in [5, 5.41) is 13.1. The van der Waals surface area contributed by atoms with E-state index in [1.807, 2.05) is 6.92 Å². The third-order valence-electron chi connectivity index (χ3n) is 3.57. The Morgan fingerprint density at radius 2 is 2.22 bits per heavy atom. The first-order valence-corrected chi connectivity index (χ1v) is 6.22. The fraction of sp³-hybridized carbons (Fsp3) is 0.750. The van der Waals surface area contributed by atoms with Gasteiger partial charge in [-0.05, 0) is 19.8 Å². The minimum atomic E-state index is -0.778. The monoisotopic (exact) mass is 254 g/mol. The fourth-order valence-corrected chi connectivity index (χ4v) is 2.39. The molecule has 3 atom stereocenters. The molecule has 1 heterocycles. The molecule has 0 bridgehead atoms. The van der Waals surface area contributed by atoms with Crippen LogP contribution < -0.4 is 0 Å². The summed E-state index contributed by atoms with van der Waals surface area (Å²) in [7, 11) is 1.57. The average molecular weight is 254 g/mol. The van der Waals surface area contributed by atoms with Gasteiger partial charge in [0.05, 0.1) is 11.8 Å². The molecule has 0 spiro atoms. The highest BCUT2D eigenvalue weighted by atomic mass is 16.5. The Morgan fingerprint density at radius 1 is 1.50 bits per heavy atom. The number of rotatable bonds is 4. The number of hydrogen-bond acceptors (Lipinski definition) is 5. The second-order valence-corrected chi connectivity index (χ2v) is 4.70. The maximum Gasteiger partial charge on any atom is 0.307 e. The van der Waals surface area contributed by atoms with E-state index >= 15 is 0 Å². The lowest BCUT2D eigenvalue weighted by Gasteiger charge is -2.25. The molecule has 1 saturated carbocycles. The number of carboxylic acids is 1. The molecule has 1 aromatic heterocycles. The molecule has 1 aliphatic rings. The predicted molar refractivity (Wildman–Crippen MR) is 62.1 cm³/mol. The van der Waals surface area contributed by atoms with E-state index in [0.29, 0.717) is 18.1 Å². The van der Waals surface area contributed by atoms with Crippen LogP contribution >= 0.6 is 0 Å². The molecule has 0 aromatic carbocycles. The molecule has 6 nitrogen and oxygen atoms in total. The summed E-state index contributed by atoms with van der Waals surface area (Å²) in [6.45, 7) is 1.82. The third kappa shape index (κ3) is 2.53. The largest absolute Gasteiger partial charge is 0.481 e. The molecular weight excluding hydrogens is 236 g/mol. The zero-order chi connectivity index (χ0) is 13.1. The minimum absolute atomic E-state index is 0.165. The van der Waals surface area contributed by atoms with E-state index in [-0.39, 0.29) is 12.0 Å². The lowest BCUT2D eigenvalue weighted by atomic mass is 9.79. The molecular formula is C12H18N2O4. The van der Waals surface area contributed by atoms with Gasteiger partial charge < -0.3 is 14.4 Å². The number of aliphatic carboxylic acids is 1. The van der Waals surface area contributed by atoms with E-state index in [1.54, 1.807) is 7.11 Å². The van der Waals surface area contributed by atoms with Crippen LogP contribution in [0.25, 0.3) is 0 Å². The summed E-state index contributed by atoms with van der Waals surface area (Å²) in [6, 6.07) is 0. The molecule has 18 heavy (non-hydrogen) atoms. The van der Waals surface area contributed by atoms with E-state index in [4.69, 9.17) is 9.26 Å². The van der Waals surface area contributed by atoms with Crippen molar-refractivity contribution >= 4 is 5.97 Å². The maximum absolute atomic E-state index is 11.2. The van der Waals surface area contributed by atoms with Gasteiger partial charge in [0.15, 0.2) is 5.82 Å². The second-order valence-electron chi connectivity index (χ2n) is 4.70. The van der Waals surface area contributed by atoms with E-state index in [1.165, 1.54) is 0 Å². The van der Waals surface area contributed by atoms with Crippen LogP contribution in [-0.4, -0.2) is 28.3 Å². The van der Waals surface area contributed by atoms with E-state index in [0.717, 1.165) is 19.3 Å². The SMILES string of the molecule is COC(C)c1noc(C2CCCCC2C(=O)O)n1. The van der Waals surface area contributed by atoms with Gasteiger partial charge in [0.25, 0.3) is 0 Å². The van der Waals surface area contributed by atoms with E-state index in [9.17, 15) is 9.90 Å². The van der Waals surface area contributed by atoms with Gasteiger partial charge in [-0.2, -0.15) is 4.98 Å². The van der Waals surface area contributed by atoms with Crippen molar-refractivity contribution in [2.24, 2.45) is 5.92 Å². The van der Waals surface area contributed by atoms with E-state index in [2.05, 4.69) is 10.1 Å². The molecule has 2 rings (SSSR count). The predicted octanol–water partition coefficient (Wildman–Crippen LogP) is 2.14. The smallest absolute Gasteiger partial charge is 0.307 e. The summed E-state index contributed by atoms with van der Waals surface area (Å²) in [4.78, 5) is 15.5. The highest BCUT2D eigenvalue weighted by Gasteiger charge is 2.35. The summed E-state index contributed by atoms with van der Waals surface area (Å²) < 4.78 is 10.3. The van der Waals surface area contributed by atoms with Crippen molar-refractivity contribution in [3.63, 3.8) is 0 Å². The quantitative estimate of drug-likeness (QED) is 0.885. The Labute approximate surface area is 105 Å². The average Bonchev–Trinajstić information content (AvgIpc) is 2.87. The van der Waals surface area contributed by atoms with Gasteiger partial charge in [-0.25, -0.2) is 0 Å². The third-order valence-corrected chi connectivity index (χ3v) is 3.57. The lowest BCUT2D eigenvalue weighted by molar-refractivity contribution is -0.143. The van der Waals surface area contributed by atoms with Gasteiger partial charge in [0.2, 0.25) is 5.89 Å². The number of aromatic nitrogens is 2. The number of ether oxygens (including phenoxy) is 1. The zero-order valence-electron chi connectivity index (χ0n) is 10.6. The minimum Gasteiger partial charge on any atom is -0.481 e. The molecule has 0 radical (unpaired) electrons. The Morgan fingerprint density at radius 3 is 2.89 bits per heavy atom. The summed E-state index contributed by atoms with van der Waals surface area (Å²) >= 11 is 0. The Hall–Kier alpha value is -1.43. The number of hydrogen-bond donors (Lipinski definition) is 1. The molecule has 6 heteroatoms. The van der Waals surface area contributed by atoms with Gasteiger partial charge in [0.1, 0.15) is 6.10 Å². The van der Waals surface area contributed by atoms with Crippen LogP contribution in [0.2, 0.25) is 0 Å². The van der Waals surface area contributed by atoms with Crippen LogP contribution in [0.15, 0.2) is 4.52 Å². The van der Waals surface area contributed by atoms with Gasteiger partial charge in [-0.1, -0.05) is 18.0 Å². The number of nitrogens with zero attached hydrogens (tertiary/aromatic N) is 2. The van der Waals surface area contributed by atoms with Crippen LogP contribution in [0, 0.1) is 5.92 Å². The van der Waals surface area contributed by atoms with Crippen LogP contribution in [0.5, 0.6) is 0 Å². The number of carbonyl (C=O) groups is 1. The van der Waals surface area contributed by atoms with Crippen molar-refractivity contribution in [2.75, 3.05) is 7.11 Å². The van der Waals surface area contributed by atoms with Crippen LogP contribution in [0.3, 0.4) is 0 Å². The van der Waals surface area contributed by atoms with Crippen LogP contribution in [-0.2, 0) is 9.53 Å². The molecule has 1 N–H and O–H groups in total. The number of methoxy groups -OCH3 is 1. The van der Waals surface area contributed by atoms with Crippen molar-refractivity contribution in [2.45, 2.75) is 44.6 Å². The van der Waals surface area contributed by atoms with Gasteiger partial charge >= 0.3 is 5.97 Å².